The Kier molecular flexibility index (Phi) is 9.88. The fourth-order valence-electron chi connectivity index (χ4n) is 2.81. The first-order chi connectivity index (χ1) is 12.0. The van der Waals surface area contributed by atoms with E-state index in [0.717, 1.165) is 36.7 Å². The molecule has 0 saturated carbocycles. The molecule has 138 valence electrons. The second-order valence-corrected chi connectivity index (χ2v) is 7.34. The first kappa shape index (κ1) is 22.6. The average molecular weight is 430 g/mol. The van der Waals surface area contributed by atoms with Gasteiger partial charge in [0, 0.05) is 24.7 Å². The van der Waals surface area contributed by atoms with Gasteiger partial charge in [-0.2, -0.15) is 0 Å². The number of aromatic nitrogens is 2. The van der Waals surface area contributed by atoms with Crippen molar-refractivity contribution in [2.75, 3.05) is 0 Å². The summed E-state index contributed by atoms with van der Waals surface area (Å²) in [4.78, 5) is 30.4. The summed E-state index contributed by atoms with van der Waals surface area (Å²) in [6.07, 6.45) is 4.38. The number of benzene rings is 1. The number of thioether (sulfide) groups is 1. The number of nitrogens with zero attached hydrogens (tertiary/aromatic N) is 1. The van der Waals surface area contributed by atoms with Crippen LogP contribution in [0.1, 0.15) is 45.4 Å². The number of nitrogens with one attached hydrogen (secondary N) is 1. The number of aromatic amines is 1. The van der Waals surface area contributed by atoms with Gasteiger partial charge in [0.2, 0.25) is 0 Å². The van der Waals surface area contributed by atoms with Crippen LogP contribution in [0.4, 0.5) is 0 Å². The quantitative estimate of drug-likeness (QED) is 0.281. The number of aliphatic carboxylic acids is 2. The van der Waals surface area contributed by atoms with Gasteiger partial charge in [0.25, 0.3) is 0 Å². The van der Waals surface area contributed by atoms with E-state index in [0.29, 0.717) is 11.6 Å². The molecular weight excluding hydrogens is 406 g/mol. The van der Waals surface area contributed by atoms with E-state index in [9.17, 15) is 14.7 Å². The molecule has 0 aliphatic rings. The maximum atomic E-state index is 11.6. The summed E-state index contributed by atoms with van der Waals surface area (Å²) in [6.45, 7) is 2.12. The molecule has 0 saturated heterocycles. The maximum Gasteiger partial charge on any atom is 0.308 e. The Morgan fingerprint density at radius 1 is 1.19 bits per heavy atom. The SMILES string of the molecule is CCCCCCC(Sc1nc2ccccc2[nH]1)C(CC(=O)O)C(=O)O.[Zn]. The molecule has 1 aromatic carbocycles. The first-order valence-corrected chi connectivity index (χ1v) is 9.45. The number of unbranched alkanes of at least 4 members (excludes halogenated alkanes) is 3. The molecule has 2 rings (SSSR count). The minimum atomic E-state index is -1.09. The van der Waals surface area contributed by atoms with Crippen molar-refractivity contribution in [1.82, 2.24) is 9.97 Å². The van der Waals surface area contributed by atoms with E-state index < -0.39 is 17.9 Å². The fourth-order valence-corrected chi connectivity index (χ4v) is 4.08. The van der Waals surface area contributed by atoms with E-state index in [1.165, 1.54) is 11.8 Å². The molecule has 0 radical (unpaired) electrons. The molecule has 0 fully saturated rings. The minimum absolute atomic E-state index is 0. The molecular formula is C18H24N2O4SZn. The zero-order valence-electron chi connectivity index (χ0n) is 15.0. The van der Waals surface area contributed by atoms with Crippen LogP contribution in [0.15, 0.2) is 29.4 Å². The van der Waals surface area contributed by atoms with Crippen molar-refractivity contribution in [3.8, 4) is 0 Å². The van der Waals surface area contributed by atoms with Crippen LogP contribution in [0.25, 0.3) is 11.0 Å². The van der Waals surface area contributed by atoms with Crippen LogP contribution in [0, 0.1) is 5.92 Å². The molecule has 1 aromatic heterocycles. The van der Waals surface area contributed by atoms with Crippen LogP contribution in [0.5, 0.6) is 0 Å². The molecule has 6 nitrogen and oxygen atoms in total. The molecule has 1 heterocycles. The van der Waals surface area contributed by atoms with Crippen LogP contribution in [0.3, 0.4) is 0 Å². The van der Waals surface area contributed by atoms with Gasteiger partial charge < -0.3 is 15.2 Å². The van der Waals surface area contributed by atoms with Crippen LogP contribution in [-0.4, -0.2) is 37.4 Å². The Morgan fingerprint density at radius 2 is 1.92 bits per heavy atom. The van der Waals surface area contributed by atoms with Crippen LogP contribution in [-0.2, 0) is 29.1 Å². The van der Waals surface area contributed by atoms with Gasteiger partial charge in [0.15, 0.2) is 5.16 Å². The number of carboxylic acids is 2. The number of imidazole rings is 1. The zero-order valence-corrected chi connectivity index (χ0v) is 18.8. The number of hydrogen-bond donors (Lipinski definition) is 3. The summed E-state index contributed by atoms with van der Waals surface area (Å²) in [7, 11) is 0. The monoisotopic (exact) mass is 428 g/mol. The van der Waals surface area contributed by atoms with E-state index in [1.807, 2.05) is 24.3 Å². The second kappa shape index (κ2) is 11.3. The summed E-state index contributed by atoms with van der Waals surface area (Å²) in [5, 5.41) is 18.9. The minimum Gasteiger partial charge on any atom is -0.481 e. The van der Waals surface area contributed by atoms with E-state index in [4.69, 9.17) is 5.11 Å². The second-order valence-electron chi connectivity index (χ2n) is 6.11. The third kappa shape index (κ3) is 6.73. The van der Waals surface area contributed by atoms with Crippen molar-refractivity contribution in [3.63, 3.8) is 0 Å². The number of rotatable bonds is 11. The largest absolute Gasteiger partial charge is 0.481 e. The molecule has 26 heavy (non-hydrogen) atoms. The molecule has 2 aromatic rings. The number of carboxylic acid groups (broad SMARTS) is 2. The molecule has 0 amide bonds. The standard InChI is InChI=1S/C18H24N2O4S.Zn/c1-2-3-4-5-10-15(12(17(23)24)11-16(21)22)25-18-19-13-8-6-7-9-14(13)20-18;/h6-9,12,15H,2-5,10-11H2,1H3,(H,19,20)(H,21,22)(H,23,24);. The molecule has 0 aliphatic heterocycles. The normalized spacial score (nSPS) is 13.1. The van der Waals surface area contributed by atoms with Gasteiger partial charge in [0.1, 0.15) is 0 Å². The Hall–Kier alpha value is -1.40. The Labute approximate surface area is 169 Å². The van der Waals surface area contributed by atoms with Crippen LogP contribution in [0.2, 0.25) is 0 Å². The number of hydrogen-bond acceptors (Lipinski definition) is 4. The molecule has 3 N–H and O–H groups in total. The van der Waals surface area contributed by atoms with Gasteiger partial charge in [0.05, 0.1) is 23.4 Å². The first-order valence-electron chi connectivity index (χ1n) is 8.57. The zero-order chi connectivity index (χ0) is 18.2. The van der Waals surface area contributed by atoms with Crippen molar-refractivity contribution < 1.29 is 39.3 Å². The molecule has 0 bridgehead atoms. The van der Waals surface area contributed by atoms with E-state index >= 15 is 0 Å². The molecule has 8 heteroatoms. The smallest absolute Gasteiger partial charge is 0.308 e. The van der Waals surface area contributed by atoms with Crippen molar-refractivity contribution >= 4 is 34.7 Å². The molecule has 0 aliphatic carbocycles. The van der Waals surface area contributed by atoms with Crippen molar-refractivity contribution in [1.29, 1.82) is 0 Å². The maximum absolute atomic E-state index is 11.6. The third-order valence-corrected chi connectivity index (χ3v) is 5.42. The van der Waals surface area contributed by atoms with Gasteiger partial charge in [-0.15, -0.1) is 0 Å². The summed E-state index contributed by atoms with van der Waals surface area (Å²) in [5.41, 5.74) is 1.71. The number of para-hydroxylation sites is 2. The van der Waals surface area contributed by atoms with E-state index in [2.05, 4.69) is 16.9 Å². The predicted molar refractivity (Wildman–Crippen MR) is 97.9 cm³/mol. The number of fused-ring (bicyclic) bond motifs is 1. The van der Waals surface area contributed by atoms with E-state index in [-0.39, 0.29) is 31.1 Å². The van der Waals surface area contributed by atoms with Crippen molar-refractivity contribution in [2.24, 2.45) is 5.92 Å². The fraction of sp³-hybridized carbons (Fsp3) is 0.500. The summed E-state index contributed by atoms with van der Waals surface area (Å²) < 4.78 is 0. The Balaban J connectivity index is 0.00000338. The van der Waals surface area contributed by atoms with Crippen LogP contribution >= 0.6 is 11.8 Å². The third-order valence-electron chi connectivity index (χ3n) is 4.13. The number of H-pyrrole nitrogens is 1. The van der Waals surface area contributed by atoms with E-state index in [1.54, 1.807) is 0 Å². The van der Waals surface area contributed by atoms with Crippen molar-refractivity contribution in [2.45, 2.75) is 55.9 Å². The summed E-state index contributed by atoms with van der Waals surface area (Å²) in [6, 6.07) is 7.60. The molecule has 2 unspecified atom stereocenters. The van der Waals surface area contributed by atoms with Gasteiger partial charge in [-0.1, -0.05) is 56.5 Å². The molecule has 0 spiro atoms. The average Bonchev–Trinajstić information content (AvgIpc) is 2.97. The topological polar surface area (TPSA) is 103 Å². The van der Waals surface area contributed by atoms with Gasteiger partial charge in [-0.3, -0.25) is 9.59 Å². The Morgan fingerprint density at radius 3 is 2.54 bits per heavy atom. The molecule has 2 atom stereocenters. The summed E-state index contributed by atoms with van der Waals surface area (Å²) in [5.74, 6) is -3.08. The van der Waals surface area contributed by atoms with Crippen LogP contribution < -0.4 is 0 Å². The predicted octanol–water partition coefficient (Wildman–Crippen LogP) is 4.17. The van der Waals surface area contributed by atoms with Gasteiger partial charge in [-0.25, -0.2) is 4.98 Å². The Bertz CT molecular complexity index is 689. The van der Waals surface area contributed by atoms with Crippen molar-refractivity contribution in [3.05, 3.63) is 24.3 Å². The summed E-state index contributed by atoms with van der Waals surface area (Å²) >= 11 is 1.34. The number of carbonyl (C=O) groups is 2. The van der Waals surface area contributed by atoms with Gasteiger partial charge in [-0.05, 0) is 18.6 Å². The van der Waals surface area contributed by atoms with Gasteiger partial charge >= 0.3 is 11.9 Å².